The first kappa shape index (κ1) is 19.5. The Morgan fingerprint density at radius 1 is 1.28 bits per heavy atom. The van der Waals surface area contributed by atoms with E-state index in [-0.39, 0.29) is 23.1 Å². The molecule has 152 valence electrons. The van der Waals surface area contributed by atoms with Gasteiger partial charge in [-0.1, -0.05) is 20.8 Å². The molecule has 2 fully saturated rings. The van der Waals surface area contributed by atoms with Crippen molar-refractivity contribution in [1.82, 2.24) is 24.8 Å². The highest BCUT2D eigenvalue weighted by atomic mass is 16.2. The average Bonchev–Trinajstić information content (AvgIpc) is 3.12. The second kappa shape index (κ2) is 6.92. The minimum Gasteiger partial charge on any atom is -0.328 e. The number of likely N-dealkylation sites (tertiary alicyclic amines) is 1. The Morgan fingerprint density at radius 3 is 2.59 bits per heavy atom. The van der Waals surface area contributed by atoms with Gasteiger partial charge in [-0.3, -0.25) is 19.8 Å². The minimum atomic E-state index is -0.515. The number of nitrogens with zero attached hydrogens (tertiary/aromatic N) is 5. The molecule has 1 spiro atoms. The summed E-state index contributed by atoms with van der Waals surface area (Å²) in [5, 5.41) is 12.6. The average molecular weight is 394 g/mol. The summed E-state index contributed by atoms with van der Waals surface area (Å²) in [7, 11) is 0. The van der Waals surface area contributed by atoms with E-state index in [0.717, 1.165) is 42.9 Å². The third kappa shape index (κ3) is 3.75. The zero-order chi connectivity index (χ0) is 20.8. The lowest BCUT2D eigenvalue weighted by Crippen LogP contribution is -2.43. The molecule has 2 aromatic heterocycles. The van der Waals surface area contributed by atoms with Crippen molar-refractivity contribution >= 4 is 22.8 Å². The number of imide groups is 1. The van der Waals surface area contributed by atoms with E-state index in [0.29, 0.717) is 19.3 Å². The van der Waals surface area contributed by atoms with Crippen LogP contribution in [-0.2, 0) is 22.7 Å². The predicted octanol–water partition coefficient (Wildman–Crippen LogP) is 1.98. The normalized spacial score (nSPS) is 19.7. The van der Waals surface area contributed by atoms with Gasteiger partial charge >= 0.3 is 0 Å². The molecule has 8 heteroatoms. The summed E-state index contributed by atoms with van der Waals surface area (Å²) in [5.41, 5.74) is 1.45. The maximum atomic E-state index is 12.2. The number of carbonyl (C=O) groups is 2. The van der Waals surface area contributed by atoms with Crippen LogP contribution in [0.25, 0.3) is 11.0 Å². The van der Waals surface area contributed by atoms with E-state index < -0.39 is 5.41 Å². The first-order chi connectivity index (χ1) is 13.7. The van der Waals surface area contributed by atoms with Gasteiger partial charge in [-0.25, -0.2) is 9.97 Å². The molecule has 2 aliphatic rings. The number of nitrogens with one attached hydrogen (secondary N) is 1. The van der Waals surface area contributed by atoms with Crippen molar-refractivity contribution in [2.24, 2.45) is 10.8 Å². The van der Waals surface area contributed by atoms with E-state index >= 15 is 0 Å². The zero-order valence-corrected chi connectivity index (χ0v) is 17.2. The van der Waals surface area contributed by atoms with Crippen molar-refractivity contribution in [2.45, 2.75) is 53.1 Å². The summed E-state index contributed by atoms with van der Waals surface area (Å²) >= 11 is 0. The van der Waals surface area contributed by atoms with Gasteiger partial charge in [0.15, 0.2) is 0 Å². The van der Waals surface area contributed by atoms with Crippen LogP contribution in [0.1, 0.15) is 51.6 Å². The summed E-state index contributed by atoms with van der Waals surface area (Å²) < 4.78 is 2.19. The Labute approximate surface area is 169 Å². The fourth-order valence-corrected chi connectivity index (χ4v) is 4.39. The molecule has 8 nitrogen and oxygen atoms in total. The van der Waals surface area contributed by atoms with Crippen molar-refractivity contribution < 1.29 is 9.59 Å². The fourth-order valence-electron chi connectivity index (χ4n) is 4.39. The molecule has 2 amide bonds. The number of carbonyl (C=O) groups excluding carboxylic acids is 2. The first-order valence-corrected chi connectivity index (χ1v) is 10.0. The third-order valence-electron chi connectivity index (χ3n) is 5.89. The number of nitriles is 1. The Hall–Kier alpha value is -2.79. The predicted molar refractivity (Wildman–Crippen MR) is 106 cm³/mol. The second-order valence-electron chi connectivity index (χ2n) is 9.48. The number of piperidine rings is 1. The van der Waals surface area contributed by atoms with Crippen LogP contribution in [0.4, 0.5) is 0 Å². The van der Waals surface area contributed by atoms with Crippen LogP contribution in [0, 0.1) is 22.2 Å². The second-order valence-corrected chi connectivity index (χ2v) is 9.48. The third-order valence-corrected chi connectivity index (χ3v) is 5.89. The number of fused-ring (bicyclic) bond motifs is 1. The van der Waals surface area contributed by atoms with Gasteiger partial charge in [-0.05, 0) is 37.4 Å². The first-order valence-electron chi connectivity index (χ1n) is 10.0. The molecule has 0 bridgehead atoms. The van der Waals surface area contributed by atoms with Gasteiger partial charge in [-0.15, -0.1) is 0 Å². The van der Waals surface area contributed by atoms with Crippen molar-refractivity contribution in [3.05, 3.63) is 23.8 Å². The Balaban J connectivity index is 1.58. The van der Waals surface area contributed by atoms with Crippen LogP contribution < -0.4 is 5.32 Å². The monoisotopic (exact) mass is 394 g/mol. The molecule has 2 saturated heterocycles. The van der Waals surface area contributed by atoms with Crippen LogP contribution >= 0.6 is 0 Å². The standard InChI is InChI=1S/C21H26N6O2/c1-20(2,3)13-27-15(8-14-11-23-16(10-22)24-18(14)27)12-26-6-4-21(5-7-26)9-17(28)25-19(21)29/h8,11H,4-7,9,12-13H2,1-3H3,(H,25,28,29). The van der Waals surface area contributed by atoms with Crippen molar-refractivity contribution in [2.75, 3.05) is 13.1 Å². The topological polar surface area (TPSA) is 104 Å². The lowest BCUT2D eigenvalue weighted by atomic mass is 9.77. The number of rotatable bonds is 3. The van der Waals surface area contributed by atoms with Gasteiger partial charge in [0.2, 0.25) is 17.6 Å². The maximum Gasteiger partial charge on any atom is 0.234 e. The van der Waals surface area contributed by atoms with E-state index in [1.807, 2.05) is 6.07 Å². The smallest absolute Gasteiger partial charge is 0.234 e. The highest BCUT2D eigenvalue weighted by molar-refractivity contribution is 6.05. The number of hydrogen-bond acceptors (Lipinski definition) is 6. The van der Waals surface area contributed by atoms with E-state index in [9.17, 15) is 14.9 Å². The quantitative estimate of drug-likeness (QED) is 0.799. The lowest BCUT2D eigenvalue weighted by Gasteiger charge is -2.37. The Bertz CT molecular complexity index is 1020. The Morgan fingerprint density at radius 2 is 2.00 bits per heavy atom. The molecule has 0 aliphatic carbocycles. The van der Waals surface area contributed by atoms with Crippen LogP contribution in [0.5, 0.6) is 0 Å². The molecule has 4 rings (SSSR count). The molecular weight excluding hydrogens is 368 g/mol. The van der Waals surface area contributed by atoms with Gasteiger partial charge in [0, 0.05) is 36.8 Å². The van der Waals surface area contributed by atoms with Crippen LogP contribution in [0.3, 0.4) is 0 Å². The van der Waals surface area contributed by atoms with Crippen molar-refractivity contribution in [3.63, 3.8) is 0 Å². The number of hydrogen-bond donors (Lipinski definition) is 1. The van der Waals surface area contributed by atoms with Crippen LogP contribution in [0.15, 0.2) is 12.3 Å². The number of aromatic nitrogens is 3. The molecule has 2 aromatic rings. The van der Waals surface area contributed by atoms with Gasteiger partial charge in [0.1, 0.15) is 11.7 Å². The van der Waals surface area contributed by atoms with E-state index in [1.54, 1.807) is 6.20 Å². The summed E-state index contributed by atoms with van der Waals surface area (Å²) in [4.78, 5) is 34.8. The van der Waals surface area contributed by atoms with Crippen LogP contribution in [-0.4, -0.2) is 44.3 Å². The molecule has 1 N–H and O–H groups in total. The SMILES string of the molecule is CC(C)(C)Cn1c(CN2CCC3(CC2)CC(=O)NC3=O)cc2cnc(C#N)nc21. The minimum absolute atomic E-state index is 0.0483. The van der Waals surface area contributed by atoms with Crippen LogP contribution in [0.2, 0.25) is 0 Å². The number of amides is 2. The molecule has 0 saturated carbocycles. The summed E-state index contributed by atoms with van der Waals surface area (Å²) in [6.07, 6.45) is 3.42. The molecule has 2 aliphatic heterocycles. The summed E-state index contributed by atoms with van der Waals surface area (Å²) in [6, 6.07) is 4.12. The van der Waals surface area contributed by atoms with Crippen molar-refractivity contribution in [1.29, 1.82) is 5.26 Å². The molecular formula is C21H26N6O2. The molecule has 4 heterocycles. The highest BCUT2D eigenvalue weighted by Gasteiger charge is 2.48. The van der Waals surface area contributed by atoms with Gasteiger partial charge in [0.25, 0.3) is 0 Å². The van der Waals surface area contributed by atoms with E-state index in [4.69, 9.17) is 0 Å². The van der Waals surface area contributed by atoms with E-state index in [1.165, 1.54) is 0 Å². The Kier molecular flexibility index (Phi) is 4.66. The van der Waals surface area contributed by atoms with E-state index in [2.05, 4.69) is 51.6 Å². The fraction of sp³-hybridized carbons (Fsp3) is 0.571. The summed E-state index contributed by atoms with van der Waals surface area (Å²) in [6.45, 7) is 9.59. The summed E-state index contributed by atoms with van der Waals surface area (Å²) in [5.74, 6) is -0.0851. The zero-order valence-electron chi connectivity index (χ0n) is 17.2. The van der Waals surface area contributed by atoms with Gasteiger partial charge in [-0.2, -0.15) is 5.26 Å². The molecule has 0 radical (unpaired) electrons. The molecule has 0 unspecified atom stereocenters. The molecule has 0 atom stereocenters. The van der Waals surface area contributed by atoms with Crippen molar-refractivity contribution in [3.8, 4) is 6.07 Å². The molecule has 29 heavy (non-hydrogen) atoms. The van der Waals surface area contributed by atoms with Gasteiger partial charge < -0.3 is 4.57 Å². The maximum absolute atomic E-state index is 12.2. The van der Waals surface area contributed by atoms with Gasteiger partial charge in [0.05, 0.1) is 5.41 Å². The largest absolute Gasteiger partial charge is 0.328 e. The highest BCUT2D eigenvalue weighted by Crippen LogP contribution is 2.39. The molecule has 0 aromatic carbocycles. The lowest BCUT2D eigenvalue weighted by molar-refractivity contribution is -0.130.